The Morgan fingerprint density at radius 2 is 1.80 bits per heavy atom. The number of rotatable bonds is 3. The van der Waals surface area contributed by atoms with Crippen LogP contribution in [-0.4, -0.2) is 17.2 Å². The highest BCUT2D eigenvalue weighted by molar-refractivity contribution is 4.97. The lowest BCUT2D eigenvalue weighted by atomic mass is 9.72. The van der Waals surface area contributed by atoms with Gasteiger partial charge in [-0.25, -0.2) is 0 Å². The average Bonchev–Trinajstić information content (AvgIpc) is 2.81. The Kier molecular flexibility index (Phi) is 4.42. The van der Waals surface area contributed by atoms with Crippen LogP contribution < -0.4 is 5.73 Å². The molecule has 1 spiro atoms. The van der Waals surface area contributed by atoms with E-state index < -0.39 is 0 Å². The van der Waals surface area contributed by atoms with Crippen molar-refractivity contribution in [3.05, 3.63) is 0 Å². The van der Waals surface area contributed by atoms with Crippen molar-refractivity contribution < 1.29 is 4.74 Å². The van der Waals surface area contributed by atoms with Crippen LogP contribution in [-0.2, 0) is 4.74 Å². The molecular weight excluding hydrogens is 246 g/mol. The minimum atomic E-state index is 0.0732. The second-order valence-corrected chi connectivity index (χ2v) is 7.96. The summed E-state index contributed by atoms with van der Waals surface area (Å²) in [5, 5.41) is 0. The van der Waals surface area contributed by atoms with E-state index in [-0.39, 0.29) is 11.1 Å². The minimum absolute atomic E-state index is 0.0732. The Morgan fingerprint density at radius 1 is 1.00 bits per heavy atom. The van der Waals surface area contributed by atoms with Crippen LogP contribution >= 0.6 is 0 Å². The fraction of sp³-hybridized carbons (Fsp3) is 1.00. The van der Waals surface area contributed by atoms with E-state index in [0.29, 0.717) is 6.10 Å². The number of ether oxygens (including phenoxy) is 1. The predicted molar refractivity (Wildman–Crippen MR) is 83.7 cm³/mol. The molecule has 1 aliphatic heterocycles. The van der Waals surface area contributed by atoms with E-state index in [1.807, 2.05) is 0 Å². The summed E-state index contributed by atoms with van der Waals surface area (Å²) >= 11 is 0. The van der Waals surface area contributed by atoms with Gasteiger partial charge in [0.1, 0.15) is 0 Å². The molecule has 2 N–H and O–H groups in total. The van der Waals surface area contributed by atoms with Crippen molar-refractivity contribution in [2.75, 3.05) is 0 Å². The van der Waals surface area contributed by atoms with Crippen molar-refractivity contribution in [2.45, 2.75) is 108 Å². The first-order chi connectivity index (χ1) is 9.63. The summed E-state index contributed by atoms with van der Waals surface area (Å²) in [4.78, 5) is 0. The molecule has 0 aromatic heterocycles. The van der Waals surface area contributed by atoms with E-state index >= 15 is 0 Å². The Bertz CT molecular complexity index is 323. The van der Waals surface area contributed by atoms with Gasteiger partial charge in [0.25, 0.3) is 0 Å². The van der Waals surface area contributed by atoms with Crippen molar-refractivity contribution in [1.82, 2.24) is 0 Å². The number of nitrogens with two attached hydrogens (primary N) is 1. The normalized spacial score (nSPS) is 41.1. The molecule has 0 aromatic carbocycles. The van der Waals surface area contributed by atoms with Gasteiger partial charge in [-0.05, 0) is 50.9 Å². The Hall–Kier alpha value is -0.0800. The molecule has 3 unspecified atom stereocenters. The first-order valence-corrected chi connectivity index (χ1v) is 9.10. The highest BCUT2D eigenvalue weighted by Gasteiger charge is 2.43. The van der Waals surface area contributed by atoms with Crippen LogP contribution in [0.4, 0.5) is 0 Å². The topological polar surface area (TPSA) is 35.2 Å². The second-order valence-electron chi connectivity index (χ2n) is 7.96. The molecule has 3 fully saturated rings. The highest BCUT2D eigenvalue weighted by Crippen LogP contribution is 2.45. The summed E-state index contributed by atoms with van der Waals surface area (Å²) in [5.41, 5.74) is 7.08. The third kappa shape index (κ3) is 3.22. The van der Waals surface area contributed by atoms with Crippen molar-refractivity contribution in [3.8, 4) is 0 Å². The van der Waals surface area contributed by atoms with E-state index in [0.717, 1.165) is 12.3 Å². The predicted octanol–water partition coefficient (Wildman–Crippen LogP) is 4.56. The second kappa shape index (κ2) is 5.96. The summed E-state index contributed by atoms with van der Waals surface area (Å²) in [6, 6.07) is 0. The zero-order valence-corrected chi connectivity index (χ0v) is 13.3. The molecule has 2 aliphatic carbocycles. The minimum Gasteiger partial charge on any atom is -0.372 e. The van der Waals surface area contributed by atoms with Gasteiger partial charge in [-0.15, -0.1) is 0 Å². The standard InChI is InChI=1S/C18H33NO/c1-2-15-7-6-9-17(19,13-15)14-16-8-12-18(20-16)10-4-3-5-11-18/h15-16H,2-14,19H2,1H3. The Morgan fingerprint density at radius 3 is 2.55 bits per heavy atom. The lowest BCUT2D eigenvalue weighted by Gasteiger charge is -2.40. The van der Waals surface area contributed by atoms with Gasteiger partial charge in [-0.2, -0.15) is 0 Å². The third-order valence-electron chi connectivity index (χ3n) is 6.30. The molecule has 2 saturated carbocycles. The molecule has 0 radical (unpaired) electrons. The Labute approximate surface area is 124 Å². The third-order valence-corrected chi connectivity index (χ3v) is 6.30. The first-order valence-electron chi connectivity index (χ1n) is 9.10. The Balaban J connectivity index is 1.55. The molecule has 116 valence electrons. The summed E-state index contributed by atoms with van der Waals surface area (Å²) < 4.78 is 6.55. The summed E-state index contributed by atoms with van der Waals surface area (Å²) in [5.74, 6) is 0.860. The van der Waals surface area contributed by atoms with Crippen LogP contribution in [0.3, 0.4) is 0 Å². The van der Waals surface area contributed by atoms with Crippen molar-refractivity contribution in [3.63, 3.8) is 0 Å². The zero-order valence-electron chi connectivity index (χ0n) is 13.3. The van der Waals surface area contributed by atoms with Crippen LogP contribution in [0.2, 0.25) is 0 Å². The van der Waals surface area contributed by atoms with Crippen LogP contribution in [0, 0.1) is 5.92 Å². The quantitative estimate of drug-likeness (QED) is 0.822. The number of hydrogen-bond donors (Lipinski definition) is 1. The van der Waals surface area contributed by atoms with Gasteiger partial charge in [0.2, 0.25) is 0 Å². The molecule has 1 saturated heterocycles. The van der Waals surface area contributed by atoms with Crippen molar-refractivity contribution >= 4 is 0 Å². The largest absolute Gasteiger partial charge is 0.372 e. The smallest absolute Gasteiger partial charge is 0.0687 e. The number of hydrogen-bond acceptors (Lipinski definition) is 2. The maximum absolute atomic E-state index is 6.74. The van der Waals surface area contributed by atoms with E-state index in [4.69, 9.17) is 10.5 Å². The van der Waals surface area contributed by atoms with Gasteiger partial charge in [0.05, 0.1) is 11.7 Å². The fourth-order valence-corrected chi connectivity index (χ4v) is 5.11. The maximum Gasteiger partial charge on any atom is 0.0687 e. The highest BCUT2D eigenvalue weighted by atomic mass is 16.5. The van der Waals surface area contributed by atoms with E-state index in [2.05, 4.69) is 6.92 Å². The van der Waals surface area contributed by atoms with E-state index in [1.165, 1.54) is 77.0 Å². The lowest BCUT2D eigenvalue weighted by Crippen LogP contribution is -2.47. The molecule has 20 heavy (non-hydrogen) atoms. The van der Waals surface area contributed by atoms with Gasteiger partial charge >= 0.3 is 0 Å². The van der Waals surface area contributed by atoms with Crippen molar-refractivity contribution in [1.29, 1.82) is 0 Å². The molecular formula is C18H33NO. The van der Waals surface area contributed by atoms with Crippen LogP contribution in [0.15, 0.2) is 0 Å². The molecule has 0 amide bonds. The molecule has 3 atom stereocenters. The van der Waals surface area contributed by atoms with Gasteiger partial charge in [0.15, 0.2) is 0 Å². The summed E-state index contributed by atoms with van der Waals surface area (Å²) in [6.45, 7) is 2.32. The lowest BCUT2D eigenvalue weighted by molar-refractivity contribution is -0.0737. The molecule has 3 rings (SSSR count). The van der Waals surface area contributed by atoms with Crippen LogP contribution in [0.25, 0.3) is 0 Å². The van der Waals surface area contributed by atoms with Gasteiger partial charge in [-0.3, -0.25) is 0 Å². The maximum atomic E-state index is 6.74. The molecule has 0 bridgehead atoms. The van der Waals surface area contributed by atoms with E-state index in [1.54, 1.807) is 0 Å². The van der Waals surface area contributed by atoms with Gasteiger partial charge in [0, 0.05) is 5.54 Å². The van der Waals surface area contributed by atoms with E-state index in [9.17, 15) is 0 Å². The van der Waals surface area contributed by atoms with Crippen LogP contribution in [0.5, 0.6) is 0 Å². The molecule has 3 aliphatic rings. The van der Waals surface area contributed by atoms with Crippen LogP contribution in [0.1, 0.15) is 90.4 Å². The SMILES string of the molecule is CCC1CCCC(N)(CC2CCC3(CCCCC3)O2)C1. The average molecular weight is 279 g/mol. The molecule has 2 nitrogen and oxygen atoms in total. The van der Waals surface area contributed by atoms with Gasteiger partial charge < -0.3 is 10.5 Å². The van der Waals surface area contributed by atoms with Crippen molar-refractivity contribution in [2.24, 2.45) is 11.7 Å². The zero-order chi connectivity index (χ0) is 14.1. The summed E-state index contributed by atoms with van der Waals surface area (Å²) in [7, 11) is 0. The summed E-state index contributed by atoms with van der Waals surface area (Å²) in [6.07, 6.45) is 17.4. The van der Waals surface area contributed by atoms with Gasteiger partial charge in [-0.1, -0.05) is 45.4 Å². The molecule has 2 heteroatoms. The molecule has 1 heterocycles. The molecule has 0 aromatic rings. The fourth-order valence-electron chi connectivity index (χ4n) is 5.11. The first kappa shape index (κ1) is 14.8. The monoisotopic (exact) mass is 279 g/mol.